The number of halogens is 2. The molecule has 0 heterocycles. The van der Waals surface area contributed by atoms with E-state index in [4.69, 9.17) is 11.6 Å². The van der Waals surface area contributed by atoms with Crippen molar-refractivity contribution < 1.29 is 9.18 Å². The molecule has 0 saturated heterocycles. The van der Waals surface area contributed by atoms with Crippen molar-refractivity contribution in [2.24, 2.45) is 0 Å². The smallest absolute Gasteiger partial charge is 0.224 e. The molecule has 0 spiro atoms. The molecule has 0 aliphatic carbocycles. The molecule has 2 nitrogen and oxygen atoms in total. The molecule has 0 saturated carbocycles. The summed E-state index contributed by atoms with van der Waals surface area (Å²) in [5.41, 5.74) is 1.49. The van der Waals surface area contributed by atoms with Crippen LogP contribution in [0, 0.1) is 5.82 Å². The Morgan fingerprint density at radius 1 is 1.05 bits per heavy atom. The summed E-state index contributed by atoms with van der Waals surface area (Å²) in [6.45, 7) is 0.554. The minimum absolute atomic E-state index is 0.0682. The maximum atomic E-state index is 13.4. The molecule has 2 aromatic rings. The first kappa shape index (κ1) is 15.5. The highest BCUT2D eigenvalue weighted by Gasteiger charge is 2.07. The van der Waals surface area contributed by atoms with Crippen LogP contribution in [0.5, 0.6) is 0 Å². The molecule has 0 aromatic heterocycles. The molecule has 0 unspecified atom stereocenters. The third kappa shape index (κ3) is 4.87. The molecular weight excluding hydrogens is 289 g/mol. The summed E-state index contributed by atoms with van der Waals surface area (Å²) in [5.74, 6) is -0.511. The van der Waals surface area contributed by atoms with Gasteiger partial charge in [0.1, 0.15) is 5.82 Å². The average molecular weight is 306 g/mol. The molecule has 4 heteroatoms. The van der Waals surface area contributed by atoms with E-state index in [0.717, 1.165) is 23.4 Å². The summed E-state index contributed by atoms with van der Waals surface area (Å²) in [7, 11) is 0. The highest BCUT2D eigenvalue weighted by molar-refractivity contribution is 6.31. The monoisotopic (exact) mass is 305 g/mol. The van der Waals surface area contributed by atoms with E-state index in [9.17, 15) is 9.18 Å². The van der Waals surface area contributed by atoms with Crippen molar-refractivity contribution in [1.29, 1.82) is 0 Å². The van der Waals surface area contributed by atoms with E-state index in [1.165, 1.54) is 6.07 Å². The molecule has 0 bridgehead atoms. The topological polar surface area (TPSA) is 29.1 Å². The number of carbonyl (C=O) groups is 1. The first-order valence-electron chi connectivity index (χ1n) is 6.90. The molecule has 0 aliphatic heterocycles. The maximum Gasteiger partial charge on any atom is 0.224 e. The fraction of sp³-hybridized carbons (Fsp3) is 0.235. The number of aryl methyl sites for hydroxylation is 1. The quantitative estimate of drug-likeness (QED) is 0.809. The number of benzene rings is 2. The van der Waals surface area contributed by atoms with Crippen LogP contribution in [0.3, 0.4) is 0 Å². The van der Waals surface area contributed by atoms with Crippen LogP contribution in [0.2, 0.25) is 5.02 Å². The van der Waals surface area contributed by atoms with Gasteiger partial charge in [-0.15, -0.1) is 0 Å². The Balaban J connectivity index is 1.73. The van der Waals surface area contributed by atoms with E-state index in [0.29, 0.717) is 12.1 Å². The van der Waals surface area contributed by atoms with Crippen molar-refractivity contribution in [3.05, 3.63) is 70.5 Å². The lowest BCUT2D eigenvalue weighted by atomic mass is 10.1. The zero-order valence-corrected chi connectivity index (χ0v) is 12.4. The van der Waals surface area contributed by atoms with E-state index in [1.54, 1.807) is 18.2 Å². The zero-order chi connectivity index (χ0) is 15.1. The predicted molar refractivity (Wildman–Crippen MR) is 82.9 cm³/mol. The Hall–Kier alpha value is -1.87. The highest BCUT2D eigenvalue weighted by Crippen LogP contribution is 2.16. The fourth-order valence-electron chi connectivity index (χ4n) is 2.09. The highest BCUT2D eigenvalue weighted by atomic mass is 35.5. The third-order valence-electron chi connectivity index (χ3n) is 3.21. The van der Waals surface area contributed by atoms with Crippen molar-refractivity contribution in [2.45, 2.75) is 19.3 Å². The Labute approximate surface area is 128 Å². The van der Waals surface area contributed by atoms with Crippen LogP contribution in [0.25, 0.3) is 0 Å². The van der Waals surface area contributed by atoms with Gasteiger partial charge in [0.2, 0.25) is 5.91 Å². The van der Waals surface area contributed by atoms with Gasteiger partial charge in [0, 0.05) is 11.6 Å². The summed E-state index contributed by atoms with van der Waals surface area (Å²) >= 11 is 6.06. The van der Waals surface area contributed by atoms with Crippen LogP contribution in [-0.4, -0.2) is 12.5 Å². The zero-order valence-electron chi connectivity index (χ0n) is 11.6. The Morgan fingerprint density at radius 2 is 1.71 bits per heavy atom. The summed E-state index contributed by atoms with van der Waals surface area (Å²) < 4.78 is 13.4. The van der Waals surface area contributed by atoms with Gasteiger partial charge < -0.3 is 5.32 Å². The lowest BCUT2D eigenvalue weighted by molar-refractivity contribution is -0.120. The van der Waals surface area contributed by atoms with Gasteiger partial charge in [0.15, 0.2) is 0 Å². The molecule has 21 heavy (non-hydrogen) atoms. The largest absolute Gasteiger partial charge is 0.356 e. The van der Waals surface area contributed by atoms with Gasteiger partial charge in [0.25, 0.3) is 0 Å². The van der Waals surface area contributed by atoms with Crippen LogP contribution >= 0.6 is 11.6 Å². The van der Waals surface area contributed by atoms with Crippen molar-refractivity contribution in [3.8, 4) is 0 Å². The lowest BCUT2D eigenvalue weighted by Crippen LogP contribution is -2.26. The molecule has 0 fully saturated rings. The molecule has 1 amide bonds. The first-order valence-corrected chi connectivity index (χ1v) is 7.28. The summed E-state index contributed by atoms with van der Waals surface area (Å²) in [6.07, 6.45) is 1.67. The second kappa shape index (κ2) is 7.79. The van der Waals surface area contributed by atoms with Gasteiger partial charge in [-0.3, -0.25) is 4.79 Å². The number of hydrogen-bond acceptors (Lipinski definition) is 1. The van der Waals surface area contributed by atoms with E-state index >= 15 is 0 Å². The van der Waals surface area contributed by atoms with Gasteiger partial charge in [-0.05, 0) is 36.1 Å². The van der Waals surface area contributed by atoms with Gasteiger partial charge in [0.05, 0.1) is 6.42 Å². The number of amides is 1. The van der Waals surface area contributed by atoms with Gasteiger partial charge in [-0.1, -0.05) is 48.0 Å². The molecule has 2 aromatic carbocycles. The normalized spacial score (nSPS) is 10.4. The Morgan fingerprint density at radius 3 is 2.43 bits per heavy atom. The Bertz CT molecular complexity index is 615. The van der Waals surface area contributed by atoms with Crippen LogP contribution in [0.4, 0.5) is 4.39 Å². The third-order valence-corrected chi connectivity index (χ3v) is 3.58. The van der Waals surface area contributed by atoms with Crippen molar-refractivity contribution in [2.75, 3.05) is 6.54 Å². The van der Waals surface area contributed by atoms with E-state index in [1.807, 2.05) is 24.3 Å². The molecule has 1 N–H and O–H groups in total. The number of nitrogens with one attached hydrogen (secondary N) is 1. The molecule has 0 aliphatic rings. The van der Waals surface area contributed by atoms with Crippen LogP contribution < -0.4 is 5.32 Å². The molecule has 110 valence electrons. The number of hydrogen-bond donors (Lipinski definition) is 1. The molecule has 2 rings (SSSR count). The van der Waals surface area contributed by atoms with Crippen LogP contribution in [0.1, 0.15) is 17.5 Å². The van der Waals surface area contributed by atoms with Gasteiger partial charge in [-0.2, -0.15) is 0 Å². The summed E-state index contributed by atoms with van der Waals surface area (Å²) in [5, 5.41) is 3.54. The van der Waals surface area contributed by atoms with Crippen molar-refractivity contribution in [1.82, 2.24) is 5.32 Å². The van der Waals surface area contributed by atoms with E-state index in [-0.39, 0.29) is 18.1 Å². The van der Waals surface area contributed by atoms with Gasteiger partial charge >= 0.3 is 0 Å². The minimum atomic E-state index is -0.344. The summed E-state index contributed by atoms with van der Waals surface area (Å²) in [4.78, 5) is 11.7. The first-order chi connectivity index (χ1) is 10.2. The maximum absolute atomic E-state index is 13.4. The molecule has 0 atom stereocenters. The van der Waals surface area contributed by atoms with Crippen molar-refractivity contribution >= 4 is 17.5 Å². The van der Waals surface area contributed by atoms with Crippen LogP contribution in [-0.2, 0) is 17.6 Å². The minimum Gasteiger partial charge on any atom is -0.356 e. The predicted octanol–water partition coefficient (Wildman–Crippen LogP) is 3.77. The lowest BCUT2D eigenvalue weighted by Gasteiger charge is -2.07. The fourth-order valence-corrected chi connectivity index (χ4v) is 2.32. The standard InChI is InChI=1S/C17H17ClFNO/c18-15-9-3-1-6-13(15)8-5-11-20-17(21)12-14-7-2-4-10-16(14)19/h1-4,6-7,9-10H,5,8,11-12H2,(H,20,21). The second-order valence-corrected chi connectivity index (χ2v) is 5.22. The van der Waals surface area contributed by atoms with Crippen molar-refractivity contribution in [3.63, 3.8) is 0 Å². The summed E-state index contributed by atoms with van der Waals surface area (Å²) in [6, 6.07) is 14.0. The molecular formula is C17H17ClFNO. The number of rotatable bonds is 6. The van der Waals surface area contributed by atoms with E-state index in [2.05, 4.69) is 5.32 Å². The second-order valence-electron chi connectivity index (χ2n) is 4.81. The average Bonchev–Trinajstić information content (AvgIpc) is 2.48. The van der Waals surface area contributed by atoms with Gasteiger partial charge in [-0.25, -0.2) is 4.39 Å². The number of carbonyl (C=O) groups excluding carboxylic acids is 1. The molecule has 0 radical (unpaired) electrons. The van der Waals surface area contributed by atoms with Crippen LogP contribution in [0.15, 0.2) is 48.5 Å². The Kier molecular flexibility index (Phi) is 5.76. The SMILES string of the molecule is O=C(Cc1ccccc1F)NCCCc1ccccc1Cl. The van der Waals surface area contributed by atoms with E-state index < -0.39 is 0 Å².